The summed E-state index contributed by atoms with van der Waals surface area (Å²) in [6, 6.07) is 9.80. The molecule has 0 aromatic heterocycles. The highest BCUT2D eigenvalue weighted by Gasteiger charge is 2.17. The lowest BCUT2D eigenvalue weighted by molar-refractivity contribution is 0.218. The van der Waals surface area contributed by atoms with Gasteiger partial charge in [0.25, 0.3) is 0 Å². The molecule has 0 saturated carbocycles. The van der Waals surface area contributed by atoms with Gasteiger partial charge in [-0.15, -0.1) is 0 Å². The lowest BCUT2D eigenvalue weighted by atomic mass is 9.93. The van der Waals surface area contributed by atoms with Crippen molar-refractivity contribution < 1.29 is 9.84 Å². The van der Waals surface area contributed by atoms with Crippen molar-refractivity contribution >= 4 is 15.9 Å². The van der Waals surface area contributed by atoms with Crippen molar-refractivity contribution in [3.8, 4) is 5.75 Å². The maximum atomic E-state index is 10.7. The van der Waals surface area contributed by atoms with Crippen LogP contribution in [0.25, 0.3) is 0 Å². The molecule has 2 nitrogen and oxygen atoms in total. The van der Waals surface area contributed by atoms with Crippen molar-refractivity contribution in [3.05, 3.63) is 62.6 Å². The van der Waals surface area contributed by atoms with Crippen LogP contribution in [0.15, 0.2) is 34.8 Å². The second kappa shape index (κ2) is 5.98. The van der Waals surface area contributed by atoms with Crippen molar-refractivity contribution in [2.75, 3.05) is 7.11 Å². The van der Waals surface area contributed by atoms with E-state index in [0.717, 1.165) is 26.9 Å². The van der Waals surface area contributed by atoms with E-state index < -0.39 is 6.10 Å². The quantitative estimate of drug-likeness (QED) is 0.897. The smallest absolute Gasteiger partial charge is 0.119 e. The zero-order chi connectivity index (χ0) is 14.9. The third-order valence-electron chi connectivity index (χ3n) is 3.67. The Bertz CT molecular complexity index is 635. The summed E-state index contributed by atoms with van der Waals surface area (Å²) in [6.45, 7) is 6.17. The van der Waals surface area contributed by atoms with E-state index in [1.54, 1.807) is 7.11 Å². The van der Waals surface area contributed by atoms with Gasteiger partial charge in [0, 0.05) is 10.0 Å². The topological polar surface area (TPSA) is 29.5 Å². The number of rotatable bonds is 3. The van der Waals surface area contributed by atoms with Gasteiger partial charge in [0.1, 0.15) is 11.9 Å². The fourth-order valence-corrected chi connectivity index (χ4v) is 2.77. The lowest BCUT2D eigenvalue weighted by Gasteiger charge is -2.18. The second-order valence-electron chi connectivity index (χ2n) is 5.08. The standard InChI is InChI=1S/C17H19BrO2/c1-10-7-12(3)14(8-11(10)2)17(19)15-9-13(20-4)5-6-16(15)18/h5-9,17,19H,1-4H3. The molecule has 1 unspecified atom stereocenters. The van der Waals surface area contributed by atoms with Crippen LogP contribution >= 0.6 is 15.9 Å². The Kier molecular flexibility index (Phi) is 4.51. The average molecular weight is 335 g/mol. The van der Waals surface area contributed by atoms with E-state index in [1.807, 2.05) is 25.1 Å². The predicted molar refractivity (Wildman–Crippen MR) is 85.4 cm³/mol. The Hall–Kier alpha value is -1.32. The van der Waals surface area contributed by atoms with Crippen LogP contribution in [0, 0.1) is 20.8 Å². The van der Waals surface area contributed by atoms with E-state index in [0.29, 0.717) is 0 Å². The molecule has 2 aromatic rings. The summed E-state index contributed by atoms with van der Waals surface area (Å²) in [5.41, 5.74) is 5.26. The molecule has 20 heavy (non-hydrogen) atoms. The van der Waals surface area contributed by atoms with Gasteiger partial charge in [-0.25, -0.2) is 0 Å². The number of aryl methyl sites for hydroxylation is 3. The number of benzene rings is 2. The summed E-state index contributed by atoms with van der Waals surface area (Å²) in [5.74, 6) is 0.740. The fourth-order valence-electron chi connectivity index (χ4n) is 2.30. The number of hydrogen-bond donors (Lipinski definition) is 1. The van der Waals surface area contributed by atoms with Crippen molar-refractivity contribution in [1.29, 1.82) is 0 Å². The molecule has 0 radical (unpaired) electrons. The maximum absolute atomic E-state index is 10.7. The molecule has 0 aliphatic heterocycles. The SMILES string of the molecule is COc1ccc(Br)c(C(O)c2cc(C)c(C)cc2C)c1. The third-order valence-corrected chi connectivity index (χ3v) is 4.40. The summed E-state index contributed by atoms with van der Waals surface area (Å²) in [5, 5.41) is 10.7. The number of aliphatic hydroxyl groups excluding tert-OH is 1. The predicted octanol–water partition coefficient (Wildman–Crippen LogP) is 4.46. The molecule has 0 aliphatic rings. The van der Waals surface area contributed by atoms with Gasteiger partial charge in [0.2, 0.25) is 0 Å². The highest BCUT2D eigenvalue weighted by atomic mass is 79.9. The number of methoxy groups -OCH3 is 1. The fraction of sp³-hybridized carbons (Fsp3) is 0.294. The van der Waals surface area contributed by atoms with Crippen molar-refractivity contribution in [2.45, 2.75) is 26.9 Å². The van der Waals surface area contributed by atoms with Gasteiger partial charge in [0.05, 0.1) is 7.11 Å². The van der Waals surface area contributed by atoms with E-state index in [9.17, 15) is 5.11 Å². The van der Waals surface area contributed by atoms with Gasteiger partial charge in [-0.05, 0) is 61.2 Å². The first-order valence-corrected chi connectivity index (χ1v) is 7.32. The van der Waals surface area contributed by atoms with Crippen LogP contribution in [-0.2, 0) is 0 Å². The third kappa shape index (κ3) is 2.89. The Labute approximate surface area is 128 Å². The summed E-state index contributed by atoms with van der Waals surface area (Å²) >= 11 is 3.50. The van der Waals surface area contributed by atoms with Crippen LogP contribution in [-0.4, -0.2) is 12.2 Å². The van der Waals surface area contributed by atoms with Gasteiger partial charge in [-0.1, -0.05) is 28.1 Å². The van der Waals surface area contributed by atoms with Gasteiger partial charge < -0.3 is 9.84 Å². The Balaban J connectivity index is 2.51. The molecule has 0 bridgehead atoms. The molecule has 0 fully saturated rings. The molecular weight excluding hydrogens is 316 g/mol. The van der Waals surface area contributed by atoms with Crippen LogP contribution in [0.3, 0.4) is 0 Å². The lowest BCUT2D eigenvalue weighted by Crippen LogP contribution is -2.04. The molecule has 0 spiro atoms. The zero-order valence-corrected chi connectivity index (χ0v) is 13.8. The highest BCUT2D eigenvalue weighted by molar-refractivity contribution is 9.10. The monoisotopic (exact) mass is 334 g/mol. The van der Waals surface area contributed by atoms with Crippen LogP contribution in [0.1, 0.15) is 33.9 Å². The van der Waals surface area contributed by atoms with E-state index in [-0.39, 0.29) is 0 Å². The Morgan fingerprint density at radius 3 is 2.25 bits per heavy atom. The van der Waals surface area contributed by atoms with Crippen LogP contribution < -0.4 is 4.74 Å². The van der Waals surface area contributed by atoms with E-state index in [1.165, 1.54) is 11.1 Å². The molecule has 2 rings (SSSR count). The number of ether oxygens (including phenoxy) is 1. The van der Waals surface area contributed by atoms with Crippen LogP contribution in [0.5, 0.6) is 5.75 Å². The van der Waals surface area contributed by atoms with E-state index in [4.69, 9.17) is 4.74 Å². The van der Waals surface area contributed by atoms with Gasteiger partial charge >= 0.3 is 0 Å². The first-order chi connectivity index (χ1) is 9.43. The second-order valence-corrected chi connectivity index (χ2v) is 5.94. The zero-order valence-electron chi connectivity index (χ0n) is 12.2. The van der Waals surface area contributed by atoms with E-state index >= 15 is 0 Å². The minimum absolute atomic E-state index is 0.668. The van der Waals surface area contributed by atoms with Crippen molar-refractivity contribution in [2.24, 2.45) is 0 Å². The number of aliphatic hydroxyl groups is 1. The van der Waals surface area contributed by atoms with Crippen molar-refractivity contribution in [1.82, 2.24) is 0 Å². The molecule has 0 aliphatic carbocycles. The molecule has 0 amide bonds. The largest absolute Gasteiger partial charge is 0.497 e. The molecule has 0 saturated heterocycles. The summed E-state index contributed by atoms with van der Waals surface area (Å²) in [7, 11) is 1.63. The van der Waals surface area contributed by atoms with Crippen LogP contribution in [0.2, 0.25) is 0 Å². The molecule has 3 heteroatoms. The minimum atomic E-state index is -0.668. The Morgan fingerprint density at radius 2 is 1.60 bits per heavy atom. The normalized spacial score (nSPS) is 12.3. The minimum Gasteiger partial charge on any atom is -0.497 e. The molecular formula is C17H19BrO2. The first-order valence-electron chi connectivity index (χ1n) is 6.53. The van der Waals surface area contributed by atoms with Gasteiger partial charge in [0.15, 0.2) is 0 Å². The summed E-state index contributed by atoms with van der Waals surface area (Å²) in [6.07, 6.45) is -0.668. The van der Waals surface area contributed by atoms with Crippen LogP contribution in [0.4, 0.5) is 0 Å². The number of hydrogen-bond acceptors (Lipinski definition) is 2. The summed E-state index contributed by atoms with van der Waals surface area (Å²) < 4.78 is 6.12. The molecule has 106 valence electrons. The molecule has 1 atom stereocenters. The Morgan fingerprint density at radius 1 is 0.950 bits per heavy atom. The first kappa shape index (κ1) is 15.1. The highest BCUT2D eigenvalue weighted by Crippen LogP contribution is 2.33. The number of halogens is 1. The summed E-state index contributed by atoms with van der Waals surface area (Å²) in [4.78, 5) is 0. The molecule has 2 aromatic carbocycles. The maximum Gasteiger partial charge on any atom is 0.119 e. The van der Waals surface area contributed by atoms with Gasteiger partial charge in [-0.2, -0.15) is 0 Å². The average Bonchev–Trinajstić information content (AvgIpc) is 2.42. The van der Waals surface area contributed by atoms with E-state index in [2.05, 4.69) is 41.9 Å². The van der Waals surface area contributed by atoms with Crippen molar-refractivity contribution in [3.63, 3.8) is 0 Å². The molecule has 0 heterocycles. The molecule has 1 N–H and O–H groups in total. The van der Waals surface area contributed by atoms with Gasteiger partial charge in [-0.3, -0.25) is 0 Å².